The van der Waals surface area contributed by atoms with E-state index in [9.17, 15) is 5.11 Å². The average molecular weight is 194 g/mol. The van der Waals surface area contributed by atoms with Crippen molar-refractivity contribution in [1.29, 1.82) is 0 Å². The van der Waals surface area contributed by atoms with E-state index < -0.39 is 6.10 Å². The summed E-state index contributed by atoms with van der Waals surface area (Å²) < 4.78 is 9.83. The summed E-state index contributed by atoms with van der Waals surface area (Å²) in [5.41, 5.74) is 0.715. The Balaban J connectivity index is 2.26. The first-order valence-corrected chi connectivity index (χ1v) is 4.35. The molecule has 2 heterocycles. The minimum atomic E-state index is -0.667. The number of aliphatic hydroxyl groups excluding tert-OH is 1. The maximum atomic E-state index is 9.43. The predicted octanol–water partition coefficient (Wildman–Crippen LogP) is 1.77. The average Bonchev–Trinajstić information content (AvgIpc) is 2.86. The van der Waals surface area contributed by atoms with E-state index in [1.54, 1.807) is 6.07 Å². The molecule has 14 heavy (non-hydrogen) atoms. The molecule has 1 N–H and O–H groups in total. The molecule has 0 saturated heterocycles. The van der Waals surface area contributed by atoms with Crippen LogP contribution < -0.4 is 0 Å². The zero-order valence-electron chi connectivity index (χ0n) is 7.67. The standard InChI is InChI=1S/C9H10N2O3/c1-2-7(12)8-10-9(14-11-8)6-3-4-13-5-6/h3-5,7,12H,2H2,1H3. The van der Waals surface area contributed by atoms with Crippen LogP contribution >= 0.6 is 0 Å². The molecule has 0 bridgehead atoms. The second-order valence-electron chi connectivity index (χ2n) is 2.89. The molecule has 2 rings (SSSR count). The maximum Gasteiger partial charge on any atom is 0.261 e. The van der Waals surface area contributed by atoms with Gasteiger partial charge in [0.25, 0.3) is 5.89 Å². The Morgan fingerprint density at radius 2 is 2.43 bits per heavy atom. The zero-order valence-corrected chi connectivity index (χ0v) is 7.67. The van der Waals surface area contributed by atoms with Gasteiger partial charge in [0.1, 0.15) is 12.4 Å². The molecule has 0 radical (unpaired) electrons. The molecule has 0 aliphatic rings. The summed E-state index contributed by atoms with van der Waals surface area (Å²) in [5.74, 6) is 0.671. The van der Waals surface area contributed by atoms with Gasteiger partial charge in [0.05, 0.1) is 11.8 Å². The van der Waals surface area contributed by atoms with Crippen molar-refractivity contribution >= 4 is 0 Å². The first kappa shape index (κ1) is 8.96. The summed E-state index contributed by atoms with van der Waals surface area (Å²) in [6, 6.07) is 1.72. The molecule has 1 unspecified atom stereocenters. The van der Waals surface area contributed by atoms with Crippen LogP contribution in [0.25, 0.3) is 11.5 Å². The van der Waals surface area contributed by atoms with Crippen LogP contribution in [0.15, 0.2) is 27.5 Å². The van der Waals surface area contributed by atoms with E-state index in [0.717, 1.165) is 0 Å². The number of furan rings is 1. The summed E-state index contributed by atoms with van der Waals surface area (Å²) in [4.78, 5) is 4.04. The smallest absolute Gasteiger partial charge is 0.261 e. The van der Waals surface area contributed by atoms with Crippen molar-refractivity contribution < 1.29 is 14.0 Å². The SMILES string of the molecule is CCC(O)c1noc(-c2ccoc2)n1. The van der Waals surface area contributed by atoms with Crippen molar-refractivity contribution in [3.63, 3.8) is 0 Å². The first-order chi connectivity index (χ1) is 6.81. The lowest BCUT2D eigenvalue weighted by Gasteiger charge is -1.97. The minimum absolute atomic E-state index is 0.309. The van der Waals surface area contributed by atoms with Crippen LogP contribution in [0.4, 0.5) is 0 Å². The Morgan fingerprint density at radius 1 is 1.57 bits per heavy atom. The number of nitrogens with zero attached hydrogens (tertiary/aromatic N) is 2. The molecule has 0 spiro atoms. The van der Waals surface area contributed by atoms with Crippen LogP contribution in [0.2, 0.25) is 0 Å². The van der Waals surface area contributed by atoms with E-state index in [2.05, 4.69) is 10.1 Å². The minimum Gasteiger partial charge on any atom is -0.472 e. The molecular weight excluding hydrogens is 184 g/mol. The number of hydrogen-bond donors (Lipinski definition) is 1. The molecule has 5 heteroatoms. The van der Waals surface area contributed by atoms with E-state index in [1.165, 1.54) is 12.5 Å². The molecule has 0 aromatic carbocycles. The quantitative estimate of drug-likeness (QED) is 0.806. The summed E-state index contributed by atoms with van der Waals surface area (Å²) in [5, 5.41) is 13.1. The highest BCUT2D eigenvalue weighted by Crippen LogP contribution is 2.20. The van der Waals surface area contributed by atoms with Gasteiger partial charge in [-0.15, -0.1) is 0 Å². The third kappa shape index (κ3) is 1.54. The highest BCUT2D eigenvalue weighted by atomic mass is 16.5. The molecule has 0 saturated carbocycles. The summed E-state index contributed by atoms with van der Waals surface area (Å²) >= 11 is 0. The van der Waals surface area contributed by atoms with Crippen LogP contribution in [0.3, 0.4) is 0 Å². The van der Waals surface area contributed by atoms with Crippen molar-refractivity contribution in [1.82, 2.24) is 10.1 Å². The summed E-state index contributed by atoms with van der Waals surface area (Å²) in [6.07, 6.45) is 2.93. The van der Waals surface area contributed by atoms with Crippen LogP contribution in [0.5, 0.6) is 0 Å². The molecule has 2 aromatic heterocycles. The fraction of sp³-hybridized carbons (Fsp3) is 0.333. The number of rotatable bonds is 3. The van der Waals surface area contributed by atoms with Gasteiger partial charge in [-0.1, -0.05) is 12.1 Å². The molecule has 1 atom stereocenters. The molecule has 0 fully saturated rings. The summed E-state index contributed by atoms with van der Waals surface area (Å²) in [6.45, 7) is 1.85. The van der Waals surface area contributed by atoms with E-state index in [1.807, 2.05) is 6.92 Å². The Labute approximate surface area is 80.4 Å². The van der Waals surface area contributed by atoms with Crippen LogP contribution in [-0.2, 0) is 0 Å². The molecule has 2 aromatic rings. The molecule has 0 aliphatic heterocycles. The van der Waals surface area contributed by atoms with Gasteiger partial charge in [0.15, 0.2) is 0 Å². The van der Waals surface area contributed by atoms with Gasteiger partial charge in [-0.3, -0.25) is 0 Å². The Hall–Kier alpha value is -1.62. The lowest BCUT2D eigenvalue weighted by Crippen LogP contribution is -1.97. The zero-order chi connectivity index (χ0) is 9.97. The Bertz CT molecular complexity index is 394. The maximum absolute atomic E-state index is 9.43. The monoisotopic (exact) mass is 194 g/mol. The fourth-order valence-electron chi connectivity index (χ4n) is 1.06. The van der Waals surface area contributed by atoms with Crippen LogP contribution in [-0.4, -0.2) is 15.2 Å². The molecule has 5 nitrogen and oxygen atoms in total. The topological polar surface area (TPSA) is 72.3 Å². The van der Waals surface area contributed by atoms with E-state index in [-0.39, 0.29) is 0 Å². The second-order valence-corrected chi connectivity index (χ2v) is 2.89. The lowest BCUT2D eigenvalue weighted by molar-refractivity contribution is 0.159. The molecular formula is C9H10N2O3. The highest BCUT2D eigenvalue weighted by Gasteiger charge is 2.14. The molecule has 0 amide bonds. The van der Waals surface area contributed by atoms with E-state index in [4.69, 9.17) is 8.94 Å². The molecule has 0 aliphatic carbocycles. The van der Waals surface area contributed by atoms with Gasteiger partial charge in [-0.25, -0.2) is 0 Å². The Kier molecular flexibility index (Phi) is 2.32. The van der Waals surface area contributed by atoms with Crippen LogP contribution in [0, 0.1) is 0 Å². The second kappa shape index (κ2) is 3.63. The van der Waals surface area contributed by atoms with Crippen molar-refractivity contribution in [2.75, 3.05) is 0 Å². The first-order valence-electron chi connectivity index (χ1n) is 4.35. The van der Waals surface area contributed by atoms with E-state index in [0.29, 0.717) is 23.7 Å². The third-order valence-corrected chi connectivity index (χ3v) is 1.89. The van der Waals surface area contributed by atoms with Gasteiger partial charge < -0.3 is 14.0 Å². The predicted molar refractivity (Wildman–Crippen MR) is 47.3 cm³/mol. The van der Waals surface area contributed by atoms with Crippen molar-refractivity contribution in [3.8, 4) is 11.5 Å². The normalized spacial score (nSPS) is 13.0. The van der Waals surface area contributed by atoms with E-state index >= 15 is 0 Å². The van der Waals surface area contributed by atoms with Crippen molar-refractivity contribution in [3.05, 3.63) is 24.4 Å². The number of aromatic nitrogens is 2. The van der Waals surface area contributed by atoms with Gasteiger partial charge >= 0.3 is 0 Å². The largest absolute Gasteiger partial charge is 0.472 e. The van der Waals surface area contributed by atoms with Gasteiger partial charge in [0, 0.05) is 0 Å². The highest BCUT2D eigenvalue weighted by molar-refractivity contribution is 5.49. The summed E-state index contributed by atoms with van der Waals surface area (Å²) in [7, 11) is 0. The lowest BCUT2D eigenvalue weighted by atomic mass is 10.3. The third-order valence-electron chi connectivity index (χ3n) is 1.89. The van der Waals surface area contributed by atoms with Crippen molar-refractivity contribution in [2.45, 2.75) is 19.4 Å². The van der Waals surface area contributed by atoms with Crippen LogP contribution in [0.1, 0.15) is 25.3 Å². The van der Waals surface area contributed by atoms with Crippen molar-refractivity contribution in [2.24, 2.45) is 0 Å². The van der Waals surface area contributed by atoms with Gasteiger partial charge in [0.2, 0.25) is 5.82 Å². The molecule has 74 valence electrons. The van der Waals surface area contributed by atoms with Gasteiger partial charge in [-0.2, -0.15) is 4.98 Å². The van der Waals surface area contributed by atoms with Gasteiger partial charge in [-0.05, 0) is 12.5 Å². The fourth-order valence-corrected chi connectivity index (χ4v) is 1.06. The Morgan fingerprint density at radius 3 is 3.07 bits per heavy atom. The number of aliphatic hydroxyl groups is 1. The number of hydrogen-bond acceptors (Lipinski definition) is 5.